The van der Waals surface area contributed by atoms with Crippen LogP contribution in [0.1, 0.15) is 42.3 Å². The van der Waals surface area contributed by atoms with Gasteiger partial charge in [-0.15, -0.1) is 11.3 Å². The van der Waals surface area contributed by atoms with Crippen molar-refractivity contribution in [3.05, 3.63) is 75.8 Å². The quantitative estimate of drug-likeness (QED) is 0.648. The minimum atomic E-state index is -0.850. The maximum atomic E-state index is 12.4. The number of thiazole rings is 1. The Labute approximate surface area is 159 Å². The van der Waals surface area contributed by atoms with Crippen LogP contribution in [0.2, 0.25) is 0 Å². The van der Waals surface area contributed by atoms with E-state index in [9.17, 15) is 14.4 Å². The highest BCUT2D eigenvalue weighted by molar-refractivity contribution is 7.13. The molecular weight excluding hydrogens is 364 g/mol. The predicted octanol–water partition coefficient (Wildman–Crippen LogP) is 3.79. The van der Waals surface area contributed by atoms with Crippen LogP contribution in [0.3, 0.4) is 0 Å². The first-order valence-corrected chi connectivity index (χ1v) is 9.07. The van der Waals surface area contributed by atoms with Crippen LogP contribution in [0.4, 0.5) is 0 Å². The predicted molar refractivity (Wildman–Crippen MR) is 99.4 cm³/mol. The highest BCUT2D eigenvalue weighted by Gasteiger charge is 2.39. The molecular formula is C20H14N2O4S. The van der Waals surface area contributed by atoms with Crippen LogP contribution in [0, 0.1) is 13.8 Å². The van der Waals surface area contributed by atoms with Crippen LogP contribution in [-0.4, -0.2) is 27.8 Å². The van der Waals surface area contributed by atoms with Gasteiger partial charge in [0.1, 0.15) is 5.01 Å². The summed E-state index contributed by atoms with van der Waals surface area (Å²) in [6, 6.07) is 12.3. The van der Waals surface area contributed by atoms with E-state index in [1.165, 1.54) is 23.5 Å². The molecule has 0 saturated carbocycles. The van der Waals surface area contributed by atoms with Gasteiger partial charge in [0.15, 0.2) is 5.69 Å². The second kappa shape index (κ2) is 6.44. The van der Waals surface area contributed by atoms with Gasteiger partial charge in [0.2, 0.25) is 0 Å². The largest absolute Gasteiger partial charge is 0.383 e. The molecule has 0 spiro atoms. The summed E-state index contributed by atoms with van der Waals surface area (Å²) in [6.45, 7) is 3.98. The Bertz CT molecular complexity index is 1070. The van der Waals surface area contributed by atoms with Crippen molar-refractivity contribution < 1.29 is 19.2 Å². The van der Waals surface area contributed by atoms with Crippen LogP contribution >= 0.6 is 11.3 Å². The Kier molecular flexibility index (Phi) is 4.08. The summed E-state index contributed by atoms with van der Waals surface area (Å²) in [4.78, 5) is 46.3. The van der Waals surface area contributed by atoms with Gasteiger partial charge in [-0.1, -0.05) is 41.0 Å². The fourth-order valence-electron chi connectivity index (χ4n) is 2.92. The van der Waals surface area contributed by atoms with E-state index in [4.69, 9.17) is 4.84 Å². The zero-order valence-electron chi connectivity index (χ0n) is 14.6. The first-order valence-electron chi connectivity index (χ1n) is 8.19. The van der Waals surface area contributed by atoms with E-state index in [1.807, 2.05) is 32.0 Å². The smallest absolute Gasteiger partial charge is 0.322 e. The Morgan fingerprint density at radius 3 is 2.30 bits per heavy atom. The van der Waals surface area contributed by atoms with E-state index in [-0.39, 0.29) is 16.8 Å². The third-order valence-corrected chi connectivity index (χ3v) is 5.13. The summed E-state index contributed by atoms with van der Waals surface area (Å²) in [5.74, 6) is -2.17. The molecule has 1 aliphatic heterocycles. The summed E-state index contributed by atoms with van der Waals surface area (Å²) >= 11 is 1.30. The molecule has 2 heterocycles. The van der Waals surface area contributed by atoms with Gasteiger partial charge in [0.25, 0.3) is 11.8 Å². The van der Waals surface area contributed by atoms with Crippen molar-refractivity contribution in [3.8, 4) is 10.6 Å². The van der Waals surface area contributed by atoms with Gasteiger partial charge < -0.3 is 4.84 Å². The number of aryl methyl sites for hydroxylation is 2. The molecule has 7 heteroatoms. The van der Waals surface area contributed by atoms with E-state index in [1.54, 1.807) is 17.5 Å². The number of rotatable bonds is 3. The Hall–Kier alpha value is -3.32. The van der Waals surface area contributed by atoms with Gasteiger partial charge in [-0.25, -0.2) is 9.78 Å². The van der Waals surface area contributed by atoms with Crippen molar-refractivity contribution in [1.82, 2.24) is 10.0 Å². The van der Waals surface area contributed by atoms with Gasteiger partial charge in [0.05, 0.1) is 11.1 Å². The number of hydroxylamine groups is 2. The number of nitrogens with zero attached hydrogens (tertiary/aromatic N) is 2. The molecule has 2 amide bonds. The maximum Gasteiger partial charge on any atom is 0.383 e. The lowest BCUT2D eigenvalue weighted by molar-refractivity contribution is -0.0587. The van der Waals surface area contributed by atoms with Crippen LogP contribution in [0.25, 0.3) is 10.6 Å². The minimum Gasteiger partial charge on any atom is -0.322 e. The fourth-order valence-corrected chi connectivity index (χ4v) is 3.80. The van der Waals surface area contributed by atoms with Gasteiger partial charge in [-0.2, -0.15) is 0 Å². The molecule has 0 atom stereocenters. The SMILES string of the molecule is Cc1ccc(-c2nc(C(=O)ON3C(=O)c4ccccc4C3=O)cs2)c(C)c1. The number of aromatic nitrogens is 1. The molecule has 134 valence electrons. The molecule has 3 aromatic rings. The zero-order valence-corrected chi connectivity index (χ0v) is 15.4. The Morgan fingerprint density at radius 1 is 1.00 bits per heavy atom. The second-order valence-electron chi connectivity index (χ2n) is 6.19. The molecule has 0 radical (unpaired) electrons. The van der Waals surface area contributed by atoms with Gasteiger partial charge >= 0.3 is 5.97 Å². The normalized spacial score (nSPS) is 13.0. The van der Waals surface area contributed by atoms with E-state index in [2.05, 4.69) is 4.98 Å². The molecule has 4 rings (SSSR count). The van der Waals surface area contributed by atoms with Crippen molar-refractivity contribution in [2.45, 2.75) is 13.8 Å². The van der Waals surface area contributed by atoms with E-state index < -0.39 is 17.8 Å². The molecule has 6 nitrogen and oxygen atoms in total. The first-order chi connectivity index (χ1) is 13.0. The second-order valence-corrected chi connectivity index (χ2v) is 7.04. The lowest BCUT2D eigenvalue weighted by atomic mass is 10.1. The van der Waals surface area contributed by atoms with Crippen molar-refractivity contribution in [3.63, 3.8) is 0 Å². The average molecular weight is 378 g/mol. The molecule has 2 aromatic carbocycles. The van der Waals surface area contributed by atoms with E-state index >= 15 is 0 Å². The van der Waals surface area contributed by atoms with Crippen LogP contribution in [0.5, 0.6) is 0 Å². The Morgan fingerprint density at radius 2 is 1.67 bits per heavy atom. The summed E-state index contributed by atoms with van der Waals surface area (Å²) in [7, 11) is 0. The van der Waals surface area contributed by atoms with Crippen molar-refractivity contribution in [1.29, 1.82) is 0 Å². The first kappa shape index (κ1) is 17.1. The summed E-state index contributed by atoms with van der Waals surface area (Å²) in [5.41, 5.74) is 3.58. The molecule has 0 aliphatic carbocycles. The van der Waals surface area contributed by atoms with Crippen LogP contribution < -0.4 is 0 Å². The summed E-state index contributed by atoms with van der Waals surface area (Å²) in [6.07, 6.45) is 0. The fraction of sp³-hybridized carbons (Fsp3) is 0.100. The lowest BCUT2D eigenvalue weighted by Crippen LogP contribution is -2.32. The molecule has 0 N–H and O–H groups in total. The molecule has 27 heavy (non-hydrogen) atoms. The Balaban J connectivity index is 1.56. The van der Waals surface area contributed by atoms with Crippen molar-refractivity contribution >= 4 is 29.1 Å². The van der Waals surface area contributed by atoms with Crippen molar-refractivity contribution in [2.24, 2.45) is 0 Å². The number of carbonyl (C=O) groups excluding carboxylic acids is 3. The van der Waals surface area contributed by atoms with E-state index in [0.29, 0.717) is 10.1 Å². The number of hydrogen-bond acceptors (Lipinski definition) is 6. The molecule has 0 saturated heterocycles. The minimum absolute atomic E-state index is 0.0477. The third kappa shape index (κ3) is 2.92. The average Bonchev–Trinajstić information content (AvgIpc) is 3.22. The molecule has 0 unspecified atom stereocenters. The van der Waals surface area contributed by atoms with Crippen LogP contribution in [-0.2, 0) is 4.84 Å². The number of fused-ring (bicyclic) bond motifs is 1. The van der Waals surface area contributed by atoms with E-state index in [0.717, 1.165) is 16.7 Å². The summed E-state index contributed by atoms with van der Waals surface area (Å²) in [5, 5.41) is 2.71. The molecule has 1 aliphatic rings. The number of carbonyl (C=O) groups is 3. The monoisotopic (exact) mass is 378 g/mol. The molecule has 0 fully saturated rings. The summed E-state index contributed by atoms with van der Waals surface area (Å²) < 4.78 is 0. The zero-order chi connectivity index (χ0) is 19.1. The number of amides is 2. The number of hydrogen-bond donors (Lipinski definition) is 0. The molecule has 0 bridgehead atoms. The number of imide groups is 1. The number of benzene rings is 2. The lowest BCUT2D eigenvalue weighted by Gasteiger charge is -2.11. The highest BCUT2D eigenvalue weighted by Crippen LogP contribution is 2.28. The molecule has 1 aromatic heterocycles. The van der Waals surface area contributed by atoms with Gasteiger partial charge in [-0.3, -0.25) is 9.59 Å². The standard InChI is InChI=1S/C20H14N2O4S/c1-11-7-8-13(12(2)9-11)17-21-16(10-27-17)20(25)26-22-18(23)14-5-3-4-6-15(14)19(22)24/h3-10H,1-2H3. The maximum absolute atomic E-state index is 12.4. The highest BCUT2D eigenvalue weighted by atomic mass is 32.1. The van der Waals surface area contributed by atoms with Crippen molar-refractivity contribution in [2.75, 3.05) is 0 Å². The van der Waals surface area contributed by atoms with Gasteiger partial charge in [-0.05, 0) is 31.5 Å². The van der Waals surface area contributed by atoms with Gasteiger partial charge in [0, 0.05) is 10.9 Å². The third-order valence-electron chi connectivity index (χ3n) is 4.26. The topological polar surface area (TPSA) is 76.6 Å². The van der Waals surface area contributed by atoms with Crippen LogP contribution in [0.15, 0.2) is 47.8 Å².